The van der Waals surface area contributed by atoms with E-state index < -0.39 is 0 Å². The highest BCUT2D eigenvalue weighted by molar-refractivity contribution is 5.31. The fourth-order valence-corrected chi connectivity index (χ4v) is 5.74. The number of nitrogens with two attached hydrogens (primary N) is 2. The second-order valence-electron chi connectivity index (χ2n) is 9.11. The third kappa shape index (κ3) is 3.85. The number of fused-ring (bicyclic) bond motifs is 3. The summed E-state index contributed by atoms with van der Waals surface area (Å²) in [5.74, 6) is 1.78. The third-order valence-corrected chi connectivity index (χ3v) is 7.29. The van der Waals surface area contributed by atoms with E-state index in [4.69, 9.17) is 16.2 Å². The highest BCUT2D eigenvalue weighted by Gasteiger charge is 2.49. The zero-order chi connectivity index (χ0) is 20.5. The number of allylic oxidation sites excluding steroid dienone is 5. The van der Waals surface area contributed by atoms with Gasteiger partial charge in [0.2, 0.25) is 0 Å². The first-order chi connectivity index (χ1) is 14.7. The Balaban J connectivity index is 1.28. The monoisotopic (exact) mass is 403 g/mol. The van der Waals surface area contributed by atoms with Crippen molar-refractivity contribution in [2.75, 3.05) is 0 Å². The lowest BCUT2D eigenvalue weighted by Gasteiger charge is -2.36. The largest absolute Gasteiger partial charge is 0.370 e. The zero-order valence-electron chi connectivity index (χ0n) is 17.4. The minimum Gasteiger partial charge on any atom is -0.370 e. The molecule has 30 heavy (non-hydrogen) atoms. The van der Waals surface area contributed by atoms with E-state index >= 15 is 0 Å². The van der Waals surface area contributed by atoms with Crippen molar-refractivity contribution < 1.29 is 4.74 Å². The molecule has 5 rings (SSSR count). The second kappa shape index (κ2) is 8.64. The predicted octanol–water partition coefficient (Wildman–Crippen LogP) is 3.95. The molecular weight excluding hydrogens is 370 g/mol. The van der Waals surface area contributed by atoms with Crippen LogP contribution in [0.25, 0.3) is 0 Å². The number of hydrogen-bond donors (Lipinski definition) is 3. The summed E-state index contributed by atoms with van der Waals surface area (Å²) >= 11 is 0. The van der Waals surface area contributed by atoms with Crippen LogP contribution in [0.2, 0.25) is 0 Å². The van der Waals surface area contributed by atoms with Crippen molar-refractivity contribution in [2.45, 2.75) is 50.2 Å². The van der Waals surface area contributed by atoms with E-state index in [-0.39, 0.29) is 30.5 Å². The van der Waals surface area contributed by atoms with Crippen molar-refractivity contribution in [1.82, 2.24) is 5.32 Å². The fourth-order valence-electron chi connectivity index (χ4n) is 5.74. The molecule has 1 aromatic carbocycles. The van der Waals surface area contributed by atoms with Crippen molar-refractivity contribution in [3.8, 4) is 0 Å². The van der Waals surface area contributed by atoms with Gasteiger partial charge in [-0.15, -0.1) is 0 Å². The zero-order valence-corrected chi connectivity index (χ0v) is 17.4. The lowest BCUT2D eigenvalue weighted by molar-refractivity contribution is 0.0356. The molecule has 0 aromatic heterocycles. The average molecular weight is 404 g/mol. The van der Waals surface area contributed by atoms with Crippen molar-refractivity contribution in [3.05, 3.63) is 84.0 Å². The van der Waals surface area contributed by atoms with Crippen molar-refractivity contribution in [1.29, 1.82) is 0 Å². The van der Waals surface area contributed by atoms with Crippen LogP contribution in [-0.2, 0) is 4.74 Å². The van der Waals surface area contributed by atoms with Gasteiger partial charge in [0.1, 0.15) is 0 Å². The Bertz CT molecular complexity index is 858. The van der Waals surface area contributed by atoms with Gasteiger partial charge in [0.05, 0.1) is 24.5 Å². The van der Waals surface area contributed by atoms with Gasteiger partial charge in [0.15, 0.2) is 0 Å². The Hall–Kier alpha value is -1.98. The molecule has 1 aromatic rings. The first-order valence-electron chi connectivity index (χ1n) is 11.4. The van der Waals surface area contributed by atoms with Gasteiger partial charge in [0, 0.05) is 17.8 Å². The van der Waals surface area contributed by atoms with Crippen LogP contribution in [0.5, 0.6) is 0 Å². The van der Waals surface area contributed by atoms with Gasteiger partial charge < -0.3 is 16.2 Å². The number of benzene rings is 1. The summed E-state index contributed by atoms with van der Waals surface area (Å²) in [5, 5.41) is 3.39. The molecule has 8 atom stereocenters. The van der Waals surface area contributed by atoms with Gasteiger partial charge in [-0.1, -0.05) is 72.9 Å². The molecule has 1 aliphatic heterocycles. The van der Waals surface area contributed by atoms with Gasteiger partial charge >= 0.3 is 0 Å². The third-order valence-electron chi connectivity index (χ3n) is 7.29. The first kappa shape index (κ1) is 20.0. The summed E-state index contributed by atoms with van der Waals surface area (Å²) < 4.78 is 6.56. The van der Waals surface area contributed by atoms with Gasteiger partial charge in [-0.3, -0.25) is 5.32 Å². The molecule has 4 heteroatoms. The molecule has 0 bridgehead atoms. The minimum absolute atomic E-state index is 0.195. The Morgan fingerprint density at radius 2 is 1.87 bits per heavy atom. The summed E-state index contributed by atoms with van der Waals surface area (Å²) in [4.78, 5) is 0. The quantitative estimate of drug-likeness (QED) is 0.514. The van der Waals surface area contributed by atoms with E-state index in [0.717, 1.165) is 18.4 Å². The van der Waals surface area contributed by atoms with Gasteiger partial charge in [0.25, 0.3) is 0 Å². The molecule has 158 valence electrons. The molecule has 8 unspecified atom stereocenters. The van der Waals surface area contributed by atoms with Crippen LogP contribution in [0.15, 0.2) is 78.4 Å². The summed E-state index contributed by atoms with van der Waals surface area (Å²) in [6.45, 7) is 0. The Morgan fingerprint density at radius 1 is 1.00 bits per heavy atom. The maximum atomic E-state index is 6.56. The predicted molar refractivity (Wildman–Crippen MR) is 121 cm³/mol. The number of nitrogens with one attached hydrogen (secondary N) is 1. The molecule has 4 nitrogen and oxygen atoms in total. The molecule has 3 aliphatic carbocycles. The summed E-state index contributed by atoms with van der Waals surface area (Å²) in [6, 6.07) is 10.1. The second-order valence-corrected chi connectivity index (χ2v) is 9.11. The van der Waals surface area contributed by atoms with E-state index in [9.17, 15) is 0 Å². The Kier molecular flexibility index (Phi) is 5.74. The number of rotatable bonds is 5. The molecule has 1 saturated heterocycles. The standard InChI is InChI=1S/C26H33N3O/c27-25(18-10-5-2-6-11-18)29-26(28)19-14-15-21-23(16-19)30-22-13-7-12-20(24(21)22)17-8-3-1-4-9-17/h2-3,5-11,13-15,19-26,29H,1,4,12,16,27-28H2. The van der Waals surface area contributed by atoms with Crippen LogP contribution < -0.4 is 16.8 Å². The SMILES string of the molecule is NC(NC(N)C1C=CC2C(C1)OC1C=CCC(C3=CCCC=C3)C12)c1ccccc1. The molecule has 1 fully saturated rings. The normalized spacial score (nSPS) is 36.7. The Morgan fingerprint density at radius 3 is 2.67 bits per heavy atom. The van der Waals surface area contributed by atoms with E-state index in [1.54, 1.807) is 0 Å². The lowest BCUT2D eigenvalue weighted by atomic mass is 9.68. The maximum absolute atomic E-state index is 6.56. The van der Waals surface area contributed by atoms with Crippen molar-refractivity contribution in [2.24, 2.45) is 35.1 Å². The van der Waals surface area contributed by atoms with E-state index in [1.807, 2.05) is 30.3 Å². The first-order valence-corrected chi connectivity index (χ1v) is 11.4. The molecule has 0 saturated carbocycles. The smallest absolute Gasteiger partial charge is 0.0822 e. The molecular formula is C26H33N3O. The molecule has 4 aliphatic rings. The lowest BCUT2D eigenvalue weighted by Crippen LogP contribution is -2.49. The summed E-state index contributed by atoms with van der Waals surface area (Å²) in [7, 11) is 0. The van der Waals surface area contributed by atoms with Crippen LogP contribution >= 0.6 is 0 Å². The van der Waals surface area contributed by atoms with Gasteiger partial charge in [-0.2, -0.15) is 0 Å². The van der Waals surface area contributed by atoms with Gasteiger partial charge in [-0.05, 0) is 42.7 Å². The number of ether oxygens (including phenoxy) is 1. The number of hydrogen-bond acceptors (Lipinski definition) is 4. The Labute approximate surface area is 179 Å². The molecule has 0 amide bonds. The van der Waals surface area contributed by atoms with E-state index in [1.165, 1.54) is 18.4 Å². The highest BCUT2D eigenvalue weighted by Crippen LogP contribution is 2.49. The summed E-state index contributed by atoms with van der Waals surface area (Å²) in [5.41, 5.74) is 15.4. The van der Waals surface area contributed by atoms with Crippen LogP contribution in [0.3, 0.4) is 0 Å². The van der Waals surface area contributed by atoms with E-state index in [0.29, 0.717) is 17.8 Å². The van der Waals surface area contributed by atoms with E-state index in [2.05, 4.69) is 47.8 Å². The van der Waals surface area contributed by atoms with Crippen molar-refractivity contribution >= 4 is 0 Å². The minimum atomic E-state index is -0.267. The van der Waals surface area contributed by atoms with Crippen molar-refractivity contribution in [3.63, 3.8) is 0 Å². The van der Waals surface area contributed by atoms with Crippen LogP contribution in [-0.4, -0.2) is 18.4 Å². The molecule has 5 N–H and O–H groups in total. The topological polar surface area (TPSA) is 73.3 Å². The average Bonchev–Trinajstić information content (AvgIpc) is 3.18. The van der Waals surface area contributed by atoms with Gasteiger partial charge in [-0.25, -0.2) is 0 Å². The highest BCUT2D eigenvalue weighted by atomic mass is 16.5. The molecule has 0 radical (unpaired) electrons. The van der Waals surface area contributed by atoms with Crippen LogP contribution in [0.4, 0.5) is 0 Å². The molecule has 1 heterocycles. The van der Waals surface area contributed by atoms with Crippen LogP contribution in [0, 0.1) is 23.7 Å². The van der Waals surface area contributed by atoms with Crippen LogP contribution in [0.1, 0.15) is 37.4 Å². The summed E-state index contributed by atoms with van der Waals surface area (Å²) in [6.07, 6.45) is 20.8. The fraction of sp³-hybridized carbons (Fsp3) is 0.462. The maximum Gasteiger partial charge on any atom is 0.0822 e. The molecule has 0 spiro atoms.